The van der Waals surface area contributed by atoms with E-state index in [1.165, 1.54) is 4.90 Å². The van der Waals surface area contributed by atoms with Crippen LogP contribution in [0.2, 0.25) is 0 Å². The van der Waals surface area contributed by atoms with Crippen LogP contribution in [0.25, 0.3) is 0 Å². The number of aliphatic hydroxyl groups is 1. The monoisotopic (exact) mass is 282 g/mol. The molecular weight excluding hydrogens is 264 g/mol. The van der Waals surface area contributed by atoms with Crippen molar-refractivity contribution < 1.29 is 9.90 Å². The zero-order valence-corrected chi connectivity index (χ0v) is 12.4. The lowest BCUT2D eigenvalue weighted by Gasteiger charge is -2.43. The first kappa shape index (κ1) is 13.8. The molecule has 1 atom stereocenters. The quantitative estimate of drug-likeness (QED) is 0.874. The van der Waals surface area contributed by atoms with Crippen molar-refractivity contribution in [1.82, 2.24) is 9.88 Å². The van der Waals surface area contributed by atoms with Crippen molar-refractivity contribution in [2.75, 3.05) is 0 Å². The predicted octanol–water partition coefficient (Wildman–Crippen LogP) is 2.53. The number of rotatable bonds is 1. The van der Waals surface area contributed by atoms with Crippen LogP contribution < -0.4 is 0 Å². The lowest BCUT2D eigenvalue weighted by molar-refractivity contribution is -0.0876. The summed E-state index contributed by atoms with van der Waals surface area (Å²) in [4.78, 5) is 18.4. The molecule has 0 saturated heterocycles. The van der Waals surface area contributed by atoms with Gasteiger partial charge in [0.1, 0.15) is 5.69 Å². The third-order valence-electron chi connectivity index (χ3n) is 3.76. The van der Waals surface area contributed by atoms with Gasteiger partial charge in [-0.1, -0.05) is 30.3 Å². The van der Waals surface area contributed by atoms with E-state index in [0.717, 1.165) is 0 Å². The Bertz CT molecular complexity index is 691. The van der Waals surface area contributed by atoms with Gasteiger partial charge >= 0.3 is 0 Å². The SMILES string of the molecule is CC(C)(C)N1C(=O)c2ncccc2[C@]1(O)c1ccccc1. The van der Waals surface area contributed by atoms with Gasteiger partial charge in [-0.05, 0) is 32.9 Å². The van der Waals surface area contributed by atoms with Crippen molar-refractivity contribution in [3.05, 3.63) is 65.5 Å². The molecule has 0 aliphatic carbocycles. The first-order valence-electron chi connectivity index (χ1n) is 6.95. The molecule has 21 heavy (non-hydrogen) atoms. The van der Waals surface area contributed by atoms with Crippen LogP contribution in [0.1, 0.15) is 42.4 Å². The van der Waals surface area contributed by atoms with Gasteiger partial charge in [0.25, 0.3) is 5.91 Å². The summed E-state index contributed by atoms with van der Waals surface area (Å²) in [6.07, 6.45) is 1.58. The van der Waals surface area contributed by atoms with Gasteiger partial charge in [-0.3, -0.25) is 14.7 Å². The molecule has 3 rings (SSSR count). The maximum atomic E-state index is 12.7. The van der Waals surface area contributed by atoms with Crippen molar-refractivity contribution in [3.63, 3.8) is 0 Å². The maximum Gasteiger partial charge on any atom is 0.276 e. The number of fused-ring (bicyclic) bond motifs is 1. The van der Waals surface area contributed by atoms with E-state index in [9.17, 15) is 9.90 Å². The van der Waals surface area contributed by atoms with Gasteiger partial charge in [0.2, 0.25) is 0 Å². The molecule has 1 aromatic heterocycles. The zero-order chi connectivity index (χ0) is 15.3. The predicted molar refractivity (Wildman–Crippen MR) is 79.6 cm³/mol. The van der Waals surface area contributed by atoms with Gasteiger partial charge in [0.15, 0.2) is 5.72 Å². The molecule has 1 aliphatic rings. The lowest BCUT2D eigenvalue weighted by Crippen LogP contribution is -2.54. The van der Waals surface area contributed by atoms with Crippen LogP contribution in [-0.2, 0) is 5.72 Å². The summed E-state index contributed by atoms with van der Waals surface area (Å²) >= 11 is 0. The summed E-state index contributed by atoms with van der Waals surface area (Å²) in [6, 6.07) is 12.8. The van der Waals surface area contributed by atoms with Crippen LogP contribution in [0.5, 0.6) is 0 Å². The van der Waals surface area contributed by atoms with Crippen LogP contribution in [0.15, 0.2) is 48.7 Å². The number of aromatic nitrogens is 1. The molecule has 0 saturated carbocycles. The number of hydrogen-bond donors (Lipinski definition) is 1. The van der Waals surface area contributed by atoms with Crippen LogP contribution >= 0.6 is 0 Å². The molecule has 0 spiro atoms. The van der Waals surface area contributed by atoms with Crippen LogP contribution in [0, 0.1) is 0 Å². The molecule has 1 aliphatic heterocycles. The minimum absolute atomic E-state index is 0.246. The fourth-order valence-corrected chi connectivity index (χ4v) is 2.98. The molecule has 1 aromatic carbocycles. The van der Waals surface area contributed by atoms with Gasteiger partial charge in [-0.25, -0.2) is 0 Å². The standard InChI is InChI=1S/C17H18N2O2/c1-16(2,3)19-15(20)14-13(10-7-11-18-14)17(19,21)12-8-5-4-6-9-12/h4-11,21H,1-3H3/t17-/m1/s1. The molecule has 0 fully saturated rings. The van der Waals surface area contributed by atoms with Crippen molar-refractivity contribution in [1.29, 1.82) is 0 Å². The molecule has 0 unspecified atom stereocenters. The van der Waals surface area contributed by atoms with E-state index in [1.54, 1.807) is 18.3 Å². The second kappa shape index (κ2) is 4.40. The molecule has 2 aromatic rings. The Morgan fingerprint density at radius 3 is 2.38 bits per heavy atom. The van der Waals surface area contributed by atoms with Gasteiger partial charge in [0, 0.05) is 22.9 Å². The topological polar surface area (TPSA) is 53.4 Å². The number of carbonyl (C=O) groups excluding carboxylic acids is 1. The van der Waals surface area contributed by atoms with Gasteiger partial charge in [-0.2, -0.15) is 0 Å². The van der Waals surface area contributed by atoms with Crippen LogP contribution in [0.4, 0.5) is 0 Å². The second-order valence-corrected chi connectivity index (χ2v) is 6.25. The number of benzene rings is 1. The van der Waals surface area contributed by atoms with Crippen molar-refractivity contribution in [2.24, 2.45) is 0 Å². The Kier molecular flexibility index (Phi) is 2.88. The molecular formula is C17H18N2O2. The summed E-state index contributed by atoms with van der Waals surface area (Å²) in [5, 5.41) is 11.4. The number of nitrogens with zero attached hydrogens (tertiary/aromatic N) is 2. The minimum atomic E-state index is -1.49. The Morgan fingerprint density at radius 2 is 1.76 bits per heavy atom. The highest BCUT2D eigenvalue weighted by Gasteiger charge is 2.54. The largest absolute Gasteiger partial charge is 0.363 e. The van der Waals surface area contributed by atoms with Gasteiger partial charge in [-0.15, -0.1) is 0 Å². The van der Waals surface area contributed by atoms with E-state index < -0.39 is 11.3 Å². The molecule has 1 N–H and O–H groups in total. The van der Waals surface area contributed by atoms with E-state index in [4.69, 9.17) is 0 Å². The summed E-state index contributed by atoms with van der Waals surface area (Å²) < 4.78 is 0. The van der Waals surface area contributed by atoms with Crippen molar-refractivity contribution in [3.8, 4) is 0 Å². The molecule has 1 amide bonds. The van der Waals surface area contributed by atoms with Crippen LogP contribution in [0.3, 0.4) is 0 Å². The third-order valence-corrected chi connectivity index (χ3v) is 3.76. The van der Waals surface area contributed by atoms with Gasteiger partial charge < -0.3 is 5.11 Å². The number of hydrogen-bond acceptors (Lipinski definition) is 3. The highest BCUT2D eigenvalue weighted by atomic mass is 16.3. The smallest absolute Gasteiger partial charge is 0.276 e. The fraction of sp³-hybridized carbons (Fsp3) is 0.294. The Hall–Kier alpha value is -2.20. The summed E-state index contributed by atoms with van der Waals surface area (Å²) in [6.45, 7) is 5.72. The first-order chi connectivity index (χ1) is 9.87. The molecule has 4 heteroatoms. The van der Waals surface area contributed by atoms with Crippen LogP contribution in [-0.4, -0.2) is 26.4 Å². The molecule has 108 valence electrons. The number of pyridine rings is 1. The Balaban J connectivity index is 2.31. The van der Waals surface area contributed by atoms with Crippen molar-refractivity contribution >= 4 is 5.91 Å². The Labute approximate surface area is 124 Å². The van der Waals surface area contributed by atoms with E-state index in [0.29, 0.717) is 16.8 Å². The Morgan fingerprint density at radius 1 is 1.10 bits per heavy atom. The normalized spacial score (nSPS) is 21.5. The zero-order valence-electron chi connectivity index (χ0n) is 12.4. The lowest BCUT2D eigenvalue weighted by atomic mass is 9.92. The maximum absolute atomic E-state index is 12.7. The molecule has 0 radical (unpaired) electrons. The average Bonchev–Trinajstić information content (AvgIpc) is 2.70. The van der Waals surface area contributed by atoms with E-state index in [1.807, 2.05) is 51.1 Å². The molecule has 0 bridgehead atoms. The van der Waals surface area contributed by atoms with Gasteiger partial charge in [0.05, 0.1) is 0 Å². The highest BCUT2D eigenvalue weighted by molar-refractivity contribution is 5.99. The second-order valence-electron chi connectivity index (χ2n) is 6.25. The number of amides is 1. The summed E-state index contributed by atoms with van der Waals surface area (Å²) in [5.74, 6) is -0.246. The van der Waals surface area contributed by atoms with E-state index >= 15 is 0 Å². The third kappa shape index (κ3) is 1.87. The fourth-order valence-electron chi connectivity index (χ4n) is 2.98. The van der Waals surface area contributed by atoms with Crippen molar-refractivity contribution in [2.45, 2.75) is 32.0 Å². The number of carbonyl (C=O) groups is 1. The average molecular weight is 282 g/mol. The van der Waals surface area contributed by atoms with E-state index in [2.05, 4.69) is 4.98 Å². The summed E-state index contributed by atoms with van der Waals surface area (Å²) in [5.41, 5.74) is -0.502. The first-order valence-corrected chi connectivity index (χ1v) is 6.95. The van der Waals surface area contributed by atoms with E-state index in [-0.39, 0.29) is 5.91 Å². The highest BCUT2D eigenvalue weighted by Crippen LogP contribution is 2.44. The summed E-state index contributed by atoms with van der Waals surface area (Å²) in [7, 11) is 0. The minimum Gasteiger partial charge on any atom is -0.363 e. The molecule has 2 heterocycles. The molecule has 4 nitrogen and oxygen atoms in total.